The van der Waals surface area contributed by atoms with Crippen molar-refractivity contribution >= 4 is 29.3 Å². The monoisotopic (exact) mass is 488 g/mol. The number of rotatable bonds is 5. The third-order valence-electron chi connectivity index (χ3n) is 7.36. The van der Waals surface area contributed by atoms with Gasteiger partial charge in [0.2, 0.25) is 11.8 Å². The maximum Gasteiger partial charge on any atom is 0.262 e. The lowest BCUT2D eigenvalue weighted by atomic mass is 9.83. The van der Waals surface area contributed by atoms with Gasteiger partial charge >= 0.3 is 0 Å². The highest BCUT2D eigenvalue weighted by Crippen LogP contribution is 2.36. The molecule has 1 atom stereocenters. The lowest BCUT2D eigenvalue weighted by Gasteiger charge is -2.38. The van der Waals surface area contributed by atoms with Crippen LogP contribution in [-0.4, -0.2) is 57.7 Å². The molecule has 0 saturated carbocycles. The smallest absolute Gasteiger partial charge is 0.262 e. The minimum atomic E-state index is -1.13. The summed E-state index contributed by atoms with van der Waals surface area (Å²) in [5, 5.41) is 13.6. The van der Waals surface area contributed by atoms with Crippen molar-refractivity contribution < 1.29 is 24.3 Å². The molecule has 2 aromatic rings. The van der Waals surface area contributed by atoms with Gasteiger partial charge < -0.3 is 10.8 Å². The molecular weight excluding hydrogens is 460 g/mol. The summed E-state index contributed by atoms with van der Waals surface area (Å²) in [4.78, 5) is 53.0. The maximum absolute atomic E-state index is 13.1. The van der Waals surface area contributed by atoms with Gasteiger partial charge in [0.1, 0.15) is 6.04 Å². The van der Waals surface area contributed by atoms with Gasteiger partial charge in [-0.15, -0.1) is 0 Å². The van der Waals surface area contributed by atoms with Crippen molar-refractivity contribution in [1.29, 1.82) is 0 Å². The van der Waals surface area contributed by atoms with Crippen LogP contribution < -0.4 is 11.1 Å². The van der Waals surface area contributed by atoms with Crippen molar-refractivity contribution in [2.75, 3.05) is 13.1 Å². The molecule has 2 fully saturated rings. The molecule has 5 rings (SSSR count). The van der Waals surface area contributed by atoms with Gasteiger partial charge in [0.25, 0.3) is 11.8 Å². The number of hydrogen-bond acceptors (Lipinski definition) is 7. The van der Waals surface area contributed by atoms with E-state index in [-0.39, 0.29) is 24.0 Å². The molecule has 3 aliphatic heterocycles. The molecule has 1 unspecified atom stereocenters. The predicted octanol–water partition coefficient (Wildman–Crippen LogP) is 1.50. The molecule has 36 heavy (non-hydrogen) atoms. The summed E-state index contributed by atoms with van der Waals surface area (Å²) < 4.78 is 0. The van der Waals surface area contributed by atoms with Crippen LogP contribution in [0.25, 0.3) is 5.70 Å². The van der Waals surface area contributed by atoms with Gasteiger partial charge in [-0.3, -0.25) is 34.3 Å². The molecule has 0 bridgehead atoms. The van der Waals surface area contributed by atoms with E-state index in [9.17, 15) is 24.3 Å². The third-order valence-corrected chi connectivity index (χ3v) is 7.36. The Kier molecular flexibility index (Phi) is 5.97. The number of carbonyl (C=O) groups is 4. The fourth-order valence-corrected chi connectivity index (χ4v) is 5.26. The quantitative estimate of drug-likeness (QED) is 0.543. The van der Waals surface area contributed by atoms with Crippen molar-refractivity contribution in [2.24, 2.45) is 5.73 Å². The number of fused-ring (bicyclic) bond motifs is 1. The minimum Gasteiger partial charge on any atom is -0.399 e. The van der Waals surface area contributed by atoms with E-state index in [1.54, 1.807) is 18.2 Å². The number of nitrogens with one attached hydrogen (secondary N) is 1. The van der Waals surface area contributed by atoms with Gasteiger partial charge in [0.15, 0.2) is 0 Å². The molecule has 186 valence electrons. The van der Waals surface area contributed by atoms with Crippen LogP contribution in [0.5, 0.6) is 0 Å². The number of piperidine rings is 2. The molecule has 4 N–H and O–H groups in total. The van der Waals surface area contributed by atoms with E-state index in [0.717, 1.165) is 22.6 Å². The van der Waals surface area contributed by atoms with Gasteiger partial charge in [0.05, 0.1) is 16.7 Å². The topological polar surface area (TPSA) is 133 Å². The number of nitrogens with two attached hydrogens (primary N) is 1. The van der Waals surface area contributed by atoms with Gasteiger partial charge in [-0.05, 0) is 54.2 Å². The Morgan fingerprint density at radius 3 is 2.47 bits per heavy atom. The third kappa shape index (κ3) is 4.20. The highest BCUT2D eigenvalue weighted by molar-refractivity contribution is 6.23. The second-order valence-electron chi connectivity index (χ2n) is 9.74. The molecule has 9 heteroatoms. The summed E-state index contributed by atoms with van der Waals surface area (Å²) in [6.07, 6.45) is 1.10. The Morgan fingerprint density at radius 2 is 1.78 bits per heavy atom. The lowest BCUT2D eigenvalue weighted by Crippen LogP contribution is -2.54. The van der Waals surface area contributed by atoms with Gasteiger partial charge in [0, 0.05) is 31.8 Å². The lowest BCUT2D eigenvalue weighted by molar-refractivity contribution is -0.136. The molecule has 4 amide bonds. The second kappa shape index (κ2) is 9.00. The van der Waals surface area contributed by atoms with Crippen LogP contribution in [0.3, 0.4) is 0 Å². The zero-order chi connectivity index (χ0) is 25.6. The van der Waals surface area contributed by atoms with Gasteiger partial charge in [-0.1, -0.05) is 30.8 Å². The zero-order valence-electron chi connectivity index (χ0n) is 19.8. The normalized spacial score (nSPS) is 21.9. The number of hydrogen-bond donors (Lipinski definition) is 3. The van der Waals surface area contributed by atoms with E-state index in [4.69, 9.17) is 5.73 Å². The molecule has 0 spiro atoms. The van der Waals surface area contributed by atoms with Crippen LogP contribution in [0.1, 0.15) is 63.1 Å². The first-order valence-electron chi connectivity index (χ1n) is 12.0. The summed E-state index contributed by atoms with van der Waals surface area (Å²) in [5.41, 5.74) is 8.16. The van der Waals surface area contributed by atoms with E-state index in [1.807, 2.05) is 24.3 Å². The Hall–Kier alpha value is -3.82. The molecule has 0 radical (unpaired) electrons. The van der Waals surface area contributed by atoms with Crippen molar-refractivity contribution in [3.05, 3.63) is 76.9 Å². The first kappa shape index (κ1) is 23.9. The molecule has 0 aliphatic carbocycles. The van der Waals surface area contributed by atoms with Crippen LogP contribution in [0.15, 0.2) is 49.0 Å². The van der Waals surface area contributed by atoms with Crippen LogP contribution in [0.2, 0.25) is 0 Å². The maximum atomic E-state index is 13.1. The molecule has 2 aromatic carbocycles. The summed E-state index contributed by atoms with van der Waals surface area (Å²) in [6.45, 7) is 5.80. The molecule has 3 aliphatic rings. The van der Waals surface area contributed by atoms with E-state index in [0.29, 0.717) is 37.2 Å². The van der Waals surface area contributed by atoms with Crippen LogP contribution in [0.4, 0.5) is 0 Å². The standard InChI is InChI=1S/C27H28N4O5/c1-16(28)18-4-2-3-17(13-18)15-30-11-9-27(36,10-12-30)19-5-6-20-21(14-19)26(35)31(25(20)34)22-7-8-23(32)29-24(22)33/h2-6,13-14,22,36H,1,7-12,15,28H2,(H,29,32,33). The number of amides is 4. The zero-order valence-corrected chi connectivity index (χ0v) is 19.8. The first-order valence-corrected chi connectivity index (χ1v) is 12.0. The van der Waals surface area contributed by atoms with E-state index in [1.165, 1.54) is 0 Å². The van der Waals surface area contributed by atoms with Gasteiger partial charge in [-0.25, -0.2) is 0 Å². The highest BCUT2D eigenvalue weighted by atomic mass is 16.3. The molecular formula is C27H28N4O5. The van der Waals surface area contributed by atoms with Crippen molar-refractivity contribution in [3.63, 3.8) is 0 Å². The Labute approximate surface area is 208 Å². The Balaban J connectivity index is 1.29. The average molecular weight is 489 g/mol. The van der Waals surface area contributed by atoms with Crippen molar-refractivity contribution in [2.45, 2.75) is 43.9 Å². The molecule has 0 aromatic heterocycles. The summed E-state index contributed by atoms with van der Waals surface area (Å²) in [7, 11) is 0. The van der Waals surface area contributed by atoms with Crippen molar-refractivity contribution in [1.82, 2.24) is 15.1 Å². The van der Waals surface area contributed by atoms with Crippen molar-refractivity contribution in [3.8, 4) is 0 Å². The molecule has 9 nitrogen and oxygen atoms in total. The molecule has 2 saturated heterocycles. The fourth-order valence-electron chi connectivity index (χ4n) is 5.26. The summed E-state index contributed by atoms with van der Waals surface area (Å²) >= 11 is 0. The van der Waals surface area contributed by atoms with Crippen LogP contribution in [0, 0.1) is 0 Å². The first-order chi connectivity index (χ1) is 17.2. The number of carbonyl (C=O) groups excluding carboxylic acids is 4. The largest absolute Gasteiger partial charge is 0.399 e. The molecule has 3 heterocycles. The number of likely N-dealkylation sites (tertiary alicyclic amines) is 1. The SMILES string of the molecule is C=C(N)c1cccc(CN2CCC(O)(c3ccc4c(c3)C(=O)N(C3CCC(=O)NC3=O)C4=O)CC2)c1. The average Bonchev–Trinajstić information content (AvgIpc) is 3.10. The fraction of sp³-hybridized carbons (Fsp3) is 0.333. The summed E-state index contributed by atoms with van der Waals surface area (Å²) in [5.74, 6) is -2.19. The Morgan fingerprint density at radius 1 is 1.06 bits per heavy atom. The summed E-state index contributed by atoms with van der Waals surface area (Å²) in [6, 6.07) is 11.7. The van der Waals surface area contributed by atoms with Gasteiger partial charge in [-0.2, -0.15) is 0 Å². The van der Waals surface area contributed by atoms with Crippen LogP contribution >= 0.6 is 0 Å². The highest BCUT2D eigenvalue weighted by Gasteiger charge is 2.45. The van der Waals surface area contributed by atoms with Crippen LogP contribution in [-0.2, 0) is 21.7 Å². The second-order valence-corrected chi connectivity index (χ2v) is 9.74. The number of nitrogens with zero attached hydrogens (tertiary/aromatic N) is 2. The number of aliphatic hydroxyl groups is 1. The minimum absolute atomic E-state index is 0.0661. The predicted molar refractivity (Wildman–Crippen MR) is 131 cm³/mol. The number of benzene rings is 2. The van der Waals surface area contributed by atoms with E-state index in [2.05, 4.69) is 16.8 Å². The van der Waals surface area contributed by atoms with E-state index >= 15 is 0 Å². The number of imide groups is 2. The van der Waals surface area contributed by atoms with E-state index < -0.39 is 35.3 Å². The Bertz CT molecular complexity index is 1290.